The summed E-state index contributed by atoms with van der Waals surface area (Å²) >= 11 is 12.4. The summed E-state index contributed by atoms with van der Waals surface area (Å²) in [4.78, 5) is 25.1. The van der Waals surface area contributed by atoms with Crippen molar-refractivity contribution < 1.29 is 9.90 Å². The van der Waals surface area contributed by atoms with Crippen molar-refractivity contribution in [3.63, 3.8) is 0 Å². The highest BCUT2D eigenvalue weighted by Gasteiger charge is 2.23. The van der Waals surface area contributed by atoms with E-state index in [1.807, 2.05) is 13.8 Å². The highest BCUT2D eigenvalue weighted by atomic mass is 35.5. The van der Waals surface area contributed by atoms with Crippen LogP contribution >= 0.6 is 23.2 Å². The molecule has 0 saturated heterocycles. The Morgan fingerprint density at radius 1 is 1.22 bits per heavy atom. The predicted molar refractivity (Wildman–Crippen MR) is 105 cm³/mol. The third kappa shape index (κ3) is 3.96. The molecule has 6 nitrogen and oxygen atoms in total. The molecule has 2 heterocycles. The van der Waals surface area contributed by atoms with Gasteiger partial charge in [-0.3, -0.25) is 4.98 Å². The second-order valence-electron chi connectivity index (χ2n) is 6.48. The van der Waals surface area contributed by atoms with E-state index in [2.05, 4.69) is 15.0 Å². The number of carbonyl (C=O) groups is 1. The summed E-state index contributed by atoms with van der Waals surface area (Å²) < 4.78 is 1.59. The van der Waals surface area contributed by atoms with Crippen molar-refractivity contribution in [2.75, 3.05) is 0 Å². The van der Waals surface area contributed by atoms with E-state index in [4.69, 9.17) is 23.2 Å². The first kappa shape index (κ1) is 19.3. The van der Waals surface area contributed by atoms with Crippen LogP contribution in [0.25, 0.3) is 11.5 Å². The Kier molecular flexibility index (Phi) is 5.48. The van der Waals surface area contributed by atoms with Crippen LogP contribution in [0.3, 0.4) is 0 Å². The van der Waals surface area contributed by atoms with E-state index in [1.54, 1.807) is 42.1 Å². The summed E-state index contributed by atoms with van der Waals surface area (Å²) in [5.41, 5.74) is 2.48. The molecule has 1 aromatic carbocycles. The quantitative estimate of drug-likeness (QED) is 0.658. The average molecular weight is 405 g/mol. The number of carboxylic acid groups (broad SMARTS) is 1. The number of hydrogen-bond acceptors (Lipinski definition) is 4. The van der Waals surface area contributed by atoms with Gasteiger partial charge in [-0.2, -0.15) is 0 Å². The van der Waals surface area contributed by atoms with Crippen molar-refractivity contribution >= 4 is 29.2 Å². The Bertz CT molecular complexity index is 1010. The zero-order valence-corrected chi connectivity index (χ0v) is 16.6. The number of aryl methyl sites for hydroxylation is 1. The SMILES string of the molecule is Cc1nc(-c2cncc(C(C)C)n2)n(Cc2cc(Cl)ccc2Cl)c1C(=O)O. The third-order valence-electron chi connectivity index (χ3n) is 4.15. The number of halogens is 2. The summed E-state index contributed by atoms with van der Waals surface area (Å²) in [6, 6.07) is 5.08. The van der Waals surface area contributed by atoms with Crippen LogP contribution in [-0.4, -0.2) is 30.6 Å². The molecule has 0 atom stereocenters. The van der Waals surface area contributed by atoms with Gasteiger partial charge in [-0.1, -0.05) is 37.0 Å². The van der Waals surface area contributed by atoms with Gasteiger partial charge in [0, 0.05) is 16.2 Å². The number of nitrogens with zero attached hydrogens (tertiary/aromatic N) is 4. The van der Waals surface area contributed by atoms with Crippen molar-refractivity contribution in [2.45, 2.75) is 33.2 Å². The van der Waals surface area contributed by atoms with E-state index in [9.17, 15) is 9.90 Å². The summed E-state index contributed by atoms with van der Waals surface area (Å²) in [7, 11) is 0. The van der Waals surface area contributed by atoms with Gasteiger partial charge in [0.1, 0.15) is 5.69 Å². The topological polar surface area (TPSA) is 80.9 Å². The van der Waals surface area contributed by atoms with Gasteiger partial charge in [0.15, 0.2) is 11.5 Å². The van der Waals surface area contributed by atoms with Crippen LogP contribution in [0.1, 0.15) is 47.2 Å². The molecular formula is C19H18Cl2N4O2. The van der Waals surface area contributed by atoms with Gasteiger partial charge in [-0.25, -0.2) is 14.8 Å². The van der Waals surface area contributed by atoms with Gasteiger partial charge >= 0.3 is 5.97 Å². The molecule has 0 aliphatic heterocycles. The zero-order chi connectivity index (χ0) is 19.7. The van der Waals surface area contributed by atoms with Crippen LogP contribution in [0.15, 0.2) is 30.6 Å². The van der Waals surface area contributed by atoms with Crippen molar-refractivity contribution in [2.24, 2.45) is 0 Å². The number of rotatable bonds is 5. The van der Waals surface area contributed by atoms with E-state index >= 15 is 0 Å². The fraction of sp³-hybridized carbons (Fsp3) is 0.263. The molecule has 0 fully saturated rings. The highest BCUT2D eigenvalue weighted by Crippen LogP contribution is 2.27. The third-order valence-corrected chi connectivity index (χ3v) is 4.76. The molecule has 8 heteroatoms. The monoisotopic (exact) mass is 404 g/mol. The number of benzene rings is 1. The second-order valence-corrected chi connectivity index (χ2v) is 7.32. The predicted octanol–water partition coefficient (Wildman–Crippen LogP) is 4.83. The largest absolute Gasteiger partial charge is 0.477 e. The lowest BCUT2D eigenvalue weighted by atomic mass is 10.1. The summed E-state index contributed by atoms with van der Waals surface area (Å²) in [5, 5.41) is 10.7. The molecule has 140 valence electrons. The van der Waals surface area contributed by atoms with Crippen LogP contribution < -0.4 is 0 Å². The molecule has 0 spiro atoms. The molecule has 0 radical (unpaired) electrons. The van der Waals surface area contributed by atoms with Crippen LogP contribution in [0.4, 0.5) is 0 Å². The molecule has 0 amide bonds. The minimum atomic E-state index is -1.07. The Morgan fingerprint density at radius 2 is 1.96 bits per heavy atom. The van der Waals surface area contributed by atoms with Crippen LogP contribution in [0, 0.1) is 6.92 Å². The normalized spacial score (nSPS) is 11.2. The standard InChI is InChI=1S/C19H18Cl2N4O2/c1-10(2)15-7-22-8-16(24-15)18-23-11(3)17(19(26)27)25(18)9-12-6-13(20)4-5-14(12)21/h4-8,10H,9H2,1-3H3,(H,26,27). The Labute approximate surface area is 166 Å². The van der Waals surface area contributed by atoms with Gasteiger partial charge in [-0.05, 0) is 36.6 Å². The van der Waals surface area contributed by atoms with Crippen molar-refractivity contribution in [1.29, 1.82) is 0 Å². The summed E-state index contributed by atoms with van der Waals surface area (Å²) in [6.07, 6.45) is 3.27. The van der Waals surface area contributed by atoms with Gasteiger partial charge in [-0.15, -0.1) is 0 Å². The lowest BCUT2D eigenvalue weighted by Gasteiger charge is -2.12. The van der Waals surface area contributed by atoms with Gasteiger partial charge < -0.3 is 9.67 Å². The fourth-order valence-corrected chi connectivity index (χ4v) is 3.17. The molecule has 2 aromatic heterocycles. The van der Waals surface area contributed by atoms with Crippen LogP contribution in [0.2, 0.25) is 10.0 Å². The first-order chi connectivity index (χ1) is 12.8. The second kappa shape index (κ2) is 7.66. The first-order valence-corrected chi connectivity index (χ1v) is 9.10. The molecule has 3 rings (SSSR count). The maximum atomic E-state index is 11.8. The maximum absolute atomic E-state index is 11.8. The van der Waals surface area contributed by atoms with Gasteiger partial charge in [0.25, 0.3) is 0 Å². The highest BCUT2D eigenvalue weighted by molar-refractivity contribution is 6.33. The lowest BCUT2D eigenvalue weighted by molar-refractivity contribution is 0.0685. The number of carboxylic acids is 1. The van der Waals surface area contributed by atoms with Gasteiger partial charge in [0.2, 0.25) is 0 Å². The Balaban J connectivity index is 2.18. The van der Waals surface area contributed by atoms with E-state index < -0.39 is 5.97 Å². The molecule has 1 N–H and O–H groups in total. The maximum Gasteiger partial charge on any atom is 0.354 e. The van der Waals surface area contributed by atoms with E-state index in [0.29, 0.717) is 32.8 Å². The molecule has 0 unspecified atom stereocenters. The lowest BCUT2D eigenvalue weighted by Crippen LogP contribution is -2.13. The molecule has 0 saturated carbocycles. The van der Waals surface area contributed by atoms with Crippen LogP contribution in [-0.2, 0) is 6.54 Å². The minimum Gasteiger partial charge on any atom is -0.477 e. The number of aromatic nitrogens is 4. The fourth-order valence-electron chi connectivity index (χ4n) is 2.79. The van der Waals surface area contributed by atoms with E-state index in [-0.39, 0.29) is 18.2 Å². The van der Waals surface area contributed by atoms with Crippen molar-refractivity contribution in [3.8, 4) is 11.5 Å². The molecule has 3 aromatic rings. The van der Waals surface area contributed by atoms with E-state index in [0.717, 1.165) is 5.69 Å². The summed E-state index contributed by atoms with van der Waals surface area (Å²) in [6.45, 7) is 5.88. The molecule has 0 aliphatic carbocycles. The molecular weight excluding hydrogens is 387 g/mol. The van der Waals surface area contributed by atoms with Gasteiger partial charge in [0.05, 0.1) is 24.1 Å². The first-order valence-electron chi connectivity index (χ1n) is 8.34. The van der Waals surface area contributed by atoms with E-state index in [1.165, 1.54) is 0 Å². The Morgan fingerprint density at radius 3 is 2.63 bits per heavy atom. The summed E-state index contributed by atoms with van der Waals surface area (Å²) in [5.74, 6) is -0.461. The van der Waals surface area contributed by atoms with Crippen LogP contribution in [0.5, 0.6) is 0 Å². The average Bonchev–Trinajstić information content (AvgIpc) is 2.94. The zero-order valence-electron chi connectivity index (χ0n) is 15.1. The number of imidazole rings is 1. The van der Waals surface area contributed by atoms with Crippen molar-refractivity contribution in [3.05, 3.63) is 63.3 Å². The number of hydrogen-bond donors (Lipinski definition) is 1. The Hall–Kier alpha value is -2.44. The number of aromatic carboxylic acids is 1. The molecule has 27 heavy (non-hydrogen) atoms. The molecule has 0 aliphatic rings. The van der Waals surface area contributed by atoms with Crippen molar-refractivity contribution in [1.82, 2.24) is 19.5 Å². The molecule has 0 bridgehead atoms. The minimum absolute atomic E-state index is 0.0813. The smallest absolute Gasteiger partial charge is 0.354 e.